The summed E-state index contributed by atoms with van der Waals surface area (Å²) in [6, 6.07) is 8.13. The van der Waals surface area contributed by atoms with Gasteiger partial charge in [-0.05, 0) is 20.0 Å². The summed E-state index contributed by atoms with van der Waals surface area (Å²) in [6.07, 6.45) is 0. The van der Waals surface area contributed by atoms with Gasteiger partial charge in [0.1, 0.15) is 12.3 Å². The molecule has 0 aliphatic carbocycles. The molecule has 9 nitrogen and oxygen atoms in total. The number of aromatic nitrogens is 3. The molecule has 1 aliphatic heterocycles. The van der Waals surface area contributed by atoms with Crippen LogP contribution in [-0.4, -0.2) is 67.2 Å². The van der Waals surface area contributed by atoms with Crippen molar-refractivity contribution in [3.05, 3.63) is 41.2 Å². The Labute approximate surface area is 158 Å². The first-order valence-electron chi connectivity index (χ1n) is 8.92. The molecule has 1 aliphatic rings. The molecule has 0 amide bonds. The Bertz CT molecular complexity index is 791. The predicted octanol–water partition coefficient (Wildman–Crippen LogP) is 0.326. The van der Waals surface area contributed by atoms with Gasteiger partial charge in [-0.25, -0.2) is 0 Å². The van der Waals surface area contributed by atoms with Crippen molar-refractivity contribution in [1.82, 2.24) is 20.3 Å². The Kier molecular flexibility index (Phi) is 6.50. The second kappa shape index (κ2) is 9.24. The number of benzene rings is 1. The van der Waals surface area contributed by atoms with Crippen molar-refractivity contribution in [2.24, 2.45) is 10.9 Å². The lowest BCUT2D eigenvalue weighted by Crippen LogP contribution is -2.38. The molecule has 2 heterocycles. The van der Waals surface area contributed by atoms with Gasteiger partial charge in [-0.15, -0.1) is 0 Å². The van der Waals surface area contributed by atoms with Crippen molar-refractivity contribution in [2.45, 2.75) is 6.92 Å². The molecule has 144 valence electrons. The van der Waals surface area contributed by atoms with Crippen molar-refractivity contribution in [1.29, 1.82) is 0 Å². The summed E-state index contributed by atoms with van der Waals surface area (Å²) >= 11 is 0. The first-order chi connectivity index (χ1) is 13.2. The third-order valence-corrected chi connectivity index (χ3v) is 4.11. The van der Waals surface area contributed by atoms with E-state index in [1.165, 1.54) is 0 Å². The van der Waals surface area contributed by atoms with Crippen molar-refractivity contribution in [2.75, 3.05) is 51.4 Å². The molecule has 2 aromatic rings. The first kappa shape index (κ1) is 19.0. The van der Waals surface area contributed by atoms with Gasteiger partial charge in [0.15, 0.2) is 5.82 Å². The van der Waals surface area contributed by atoms with Gasteiger partial charge in [-0.3, -0.25) is 0 Å². The number of morpholine rings is 1. The summed E-state index contributed by atoms with van der Waals surface area (Å²) in [4.78, 5) is 15.5. The molecule has 1 aromatic carbocycles. The van der Waals surface area contributed by atoms with Crippen LogP contribution >= 0.6 is 0 Å². The zero-order chi connectivity index (χ0) is 19.1. The molecule has 3 rings (SSSR count). The van der Waals surface area contributed by atoms with Crippen molar-refractivity contribution < 1.29 is 9.47 Å². The number of anilines is 1. The monoisotopic (exact) mass is 371 g/mol. The highest BCUT2D eigenvalue weighted by Gasteiger charge is 2.20. The maximum absolute atomic E-state index is 5.69. The number of hydrogen-bond acceptors (Lipinski definition) is 9. The van der Waals surface area contributed by atoms with Gasteiger partial charge < -0.3 is 25.5 Å². The third kappa shape index (κ3) is 4.89. The maximum atomic E-state index is 5.69. The summed E-state index contributed by atoms with van der Waals surface area (Å²) in [5, 5.41) is 6.98. The van der Waals surface area contributed by atoms with E-state index in [0.717, 1.165) is 11.1 Å². The molecule has 0 spiro atoms. The van der Waals surface area contributed by atoms with Crippen molar-refractivity contribution in [3.8, 4) is 6.01 Å². The molecule has 1 saturated heterocycles. The molecule has 0 bridgehead atoms. The highest BCUT2D eigenvalue weighted by Crippen LogP contribution is 2.17. The number of nitrogens with two attached hydrogens (primary N) is 1. The van der Waals surface area contributed by atoms with Gasteiger partial charge in [-0.1, -0.05) is 23.8 Å². The molecule has 0 unspecified atom stereocenters. The van der Waals surface area contributed by atoms with Crippen LogP contribution in [0.4, 0.5) is 5.95 Å². The predicted molar refractivity (Wildman–Crippen MR) is 103 cm³/mol. The number of hydrogen-bond donors (Lipinski definition) is 2. The summed E-state index contributed by atoms with van der Waals surface area (Å²) in [5.74, 6) is 6.62. The van der Waals surface area contributed by atoms with Crippen molar-refractivity contribution in [3.63, 3.8) is 0 Å². The maximum Gasteiger partial charge on any atom is 0.321 e. The number of ether oxygens (including phenoxy) is 2. The van der Waals surface area contributed by atoms with E-state index in [1.54, 1.807) is 0 Å². The number of nitrogens with one attached hydrogen (secondary N) is 1. The van der Waals surface area contributed by atoms with Crippen LogP contribution in [0, 0.1) is 6.92 Å². The molecular formula is C18H25N7O2. The minimum absolute atomic E-state index is 0.255. The fourth-order valence-corrected chi connectivity index (χ4v) is 2.72. The molecule has 0 atom stereocenters. The number of rotatable bonds is 7. The highest BCUT2D eigenvalue weighted by molar-refractivity contribution is 6.10. The normalized spacial score (nSPS) is 15.0. The first-order valence-corrected chi connectivity index (χ1v) is 8.92. The highest BCUT2D eigenvalue weighted by atomic mass is 16.5. The van der Waals surface area contributed by atoms with E-state index in [1.807, 2.05) is 43.1 Å². The van der Waals surface area contributed by atoms with Crippen molar-refractivity contribution >= 4 is 11.7 Å². The van der Waals surface area contributed by atoms with Gasteiger partial charge in [0.25, 0.3) is 0 Å². The largest absolute Gasteiger partial charge is 0.462 e. The average Bonchev–Trinajstić information content (AvgIpc) is 2.69. The van der Waals surface area contributed by atoms with Crippen LogP contribution in [-0.2, 0) is 4.74 Å². The molecule has 27 heavy (non-hydrogen) atoms. The minimum atomic E-state index is 0.255. The smallest absolute Gasteiger partial charge is 0.321 e. The molecule has 3 N–H and O–H groups in total. The van der Waals surface area contributed by atoms with E-state index in [-0.39, 0.29) is 6.01 Å². The zero-order valence-corrected chi connectivity index (χ0v) is 15.7. The summed E-state index contributed by atoms with van der Waals surface area (Å²) in [6.45, 7) is 5.82. The van der Waals surface area contributed by atoms with E-state index >= 15 is 0 Å². The Morgan fingerprint density at radius 3 is 2.81 bits per heavy atom. The van der Waals surface area contributed by atoms with Gasteiger partial charge in [0.05, 0.1) is 13.2 Å². The van der Waals surface area contributed by atoms with Gasteiger partial charge in [-0.2, -0.15) is 20.1 Å². The van der Waals surface area contributed by atoms with E-state index in [4.69, 9.17) is 15.3 Å². The Balaban J connectivity index is 1.97. The van der Waals surface area contributed by atoms with Crippen LogP contribution in [0.15, 0.2) is 29.4 Å². The quantitative estimate of drug-likeness (QED) is 0.310. The minimum Gasteiger partial charge on any atom is -0.462 e. The Morgan fingerprint density at radius 1 is 1.30 bits per heavy atom. The summed E-state index contributed by atoms with van der Waals surface area (Å²) in [7, 11) is 1.86. The van der Waals surface area contributed by atoms with Crippen LogP contribution in [0.25, 0.3) is 0 Å². The molecule has 0 radical (unpaired) electrons. The van der Waals surface area contributed by atoms with Crippen LogP contribution in [0.5, 0.6) is 6.01 Å². The molecule has 1 fully saturated rings. The van der Waals surface area contributed by atoms with Gasteiger partial charge >= 0.3 is 6.01 Å². The van der Waals surface area contributed by atoms with Crippen LogP contribution in [0.1, 0.15) is 17.0 Å². The Hall–Kier alpha value is -2.78. The molecule has 0 saturated carbocycles. The van der Waals surface area contributed by atoms with E-state index in [0.29, 0.717) is 56.9 Å². The van der Waals surface area contributed by atoms with Crippen LogP contribution < -0.4 is 20.8 Å². The lowest BCUT2D eigenvalue weighted by molar-refractivity contribution is 0.122. The lowest BCUT2D eigenvalue weighted by Gasteiger charge is -2.27. The fraction of sp³-hybridized carbons (Fsp3) is 0.444. The topological polar surface area (TPSA) is 111 Å². The third-order valence-electron chi connectivity index (χ3n) is 4.11. The fourth-order valence-electron chi connectivity index (χ4n) is 2.72. The molecule has 9 heteroatoms. The number of nitrogens with zero attached hydrogens (tertiary/aromatic N) is 5. The number of likely N-dealkylation sites (N-methyl/N-ethyl adjacent to an activating group) is 1. The van der Waals surface area contributed by atoms with E-state index in [9.17, 15) is 0 Å². The zero-order valence-electron chi connectivity index (χ0n) is 15.7. The van der Waals surface area contributed by atoms with E-state index < -0.39 is 0 Å². The van der Waals surface area contributed by atoms with E-state index in [2.05, 4.69) is 25.4 Å². The standard InChI is InChI=1S/C18H25N7O2/c1-13-4-3-5-14(12-13)15(24-19)16-21-17(25-7-10-26-11-8-25)23-18(22-16)27-9-6-20-2/h3-5,12,20H,6-11,19H2,1-2H3. The van der Waals surface area contributed by atoms with Gasteiger partial charge in [0.2, 0.25) is 5.95 Å². The number of hydrazone groups is 1. The van der Waals surface area contributed by atoms with Gasteiger partial charge in [0, 0.05) is 25.2 Å². The molecular weight excluding hydrogens is 346 g/mol. The number of aryl methyl sites for hydroxylation is 1. The van der Waals surface area contributed by atoms with Crippen LogP contribution in [0.3, 0.4) is 0 Å². The molecule has 1 aromatic heterocycles. The second-order valence-electron chi connectivity index (χ2n) is 6.14. The lowest BCUT2D eigenvalue weighted by atomic mass is 10.1. The Morgan fingerprint density at radius 2 is 2.11 bits per heavy atom. The summed E-state index contributed by atoms with van der Waals surface area (Å²) < 4.78 is 11.1. The second-order valence-corrected chi connectivity index (χ2v) is 6.14. The average molecular weight is 371 g/mol. The summed E-state index contributed by atoms with van der Waals surface area (Å²) in [5.41, 5.74) is 2.44. The van der Waals surface area contributed by atoms with Crippen LogP contribution in [0.2, 0.25) is 0 Å². The SMILES string of the molecule is CNCCOc1nc(C(=NN)c2cccc(C)c2)nc(N2CCOCC2)n1.